The number of hydrogen-bond acceptors (Lipinski definition) is 4. The Morgan fingerprint density at radius 3 is 2.84 bits per heavy atom. The number of nitrogens with one attached hydrogen (secondary N) is 2. The van der Waals surface area contributed by atoms with Gasteiger partial charge < -0.3 is 20.1 Å². The van der Waals surface area contributed by atoms with Crippen LogP contribution in [0.1, 0.15) is 25.8 Å². The van der Waals surface area contributed by atoms with Gasteiger partial charge in [0.2, 0.25) is 0 Å². The zero-order chi connectivity index (χ0) is 17.7. The van der Waals surface area contributed by atoms with Crippen LogP contribution in [0.5, 0.6) is 5.75 Å². The van der Waals surface area contributed by atoms with Crippen molar-refractivity contribution in [1.82, 2.24) is 15.5 Å². The molecule has 0 aromatic heterocycles. The molecule has 1 aromatic rings. The topological polar surface area (TPSA) is 58.1 Å². The molecule has 0 spiro atoms. The number of aliphatic imine (C=N–C) groups is 1. The second-order valence-corrected chi connectivity index (χ2v) is 6.01. The van der Waals surface area contributed by atoms with Crippen LogP contribution in [0.2, 0.25) is 0 Å². The van der Waals surface area contributed by atoms with Gasteiger partial charge in [0, 0.05) is 26.2 Å². The van der Waals surface area contributed by atoms with Crippen LogP contribution >= 0.6 is 0 Å². The zero-order valence-corrected chi connectivity index (χ0v) is 15.6. The molecule has 0 atom stereocenters. The van der Waals surface area contributed by atoms with Crippen LogP contribution < -0.4 is 15.4 Å². The molecule has 25 heavy (non-hydrogen) atoms. The summed E-state index contributed by atoms with van der Waals surface area (Å²) in [7, 11) is 0. The molecule has 6 heteroatoms. The van der Waals surface area contributed by atoms with Crippen LogP contribution in [0, 0.1) is 0 Å². The third kappa shape index (κ3) is 7.75. The summed E-state index contributed by atoms with van der Waals surface area (Å²) in [5.41, 5.74) is 1.15. The normalized spacial score (nSPS) is 15.8. The Hall–Kier alpha value is -1.79. The number of morpholine rings is 1. The van der Waals surface area contributed by atoms with Crippen molar-refractivity contribution < 1.29 is 9.47 Å². The predicted molar refractivity (Wildman–Crippen MR) is 102 cm³/mol. The number of nitrogens with zero attached hydrogens (tertiary/aromatic N) is 2. The molecule has 0 amide bonds. The molecule has 2 N–H and O–H groups in total. The first-order chi connectivity index (χ1) is 12.3. The van der Waals surface area contributed by atoms with Crippen molar-refractivity contribution in [3.8, 4) is 5.75 Å². The molecular weight excluding hydrogens is 316 g/mol. The third-order valence-corrected chi connectivity index (χ3v) is 4.02. The average Bonchev–Trinajstić information content (AvgIpc) is 2.64. The lowest BCUT2D eigenvalue weighted by Crippen LogP contribution is -2.40. The lowest BCUT2D eigenvalue weighted by molar-refractivity contribution is 0.0376. The van der Waals surface area contributed by atoms with E-state index < -0.39 is 0 Å². The second-order valence-electron chi connectivity index (χ2n) is 6.01. The summed E-state index contributed by atoms with van der Waals surface area (Å²) in [4.78, 5) is 7.13. The Bertz CT molecular complexity index is 516. The minimum atomic E-state index is 0.639. The molecular formula is C19H32N4O2. The molecule has 1 fully saturated rings. The van der Waals surface area contributed by atoms with Gasteiger partial charge in [-0.25, -0.2) is 4.99 Å². The SMILES string of the molecule is CCNC(=NCc1cccc(OCC)c1)NCCCN1CCOCC1. The van der Waals surface area contributed by atoms with Crippen LogP contribution in [-0.2, 0) is 11.3 Å². The van der Waals surface area contributed by atoms with E-state index in [0.29, 0.717) is 13.2 Å². The van der Waals surface area contributed by atoms with Crippen LogP contribution in [0.15, 0.2) is 29.3 Å². The number of benzene rings is 1. The average molecular weight is 348 g/mol. The van der Waals surface area contributed by atoms with Gasteiger partial charge >= 0.3 is 0 Å². The smallest absolute Gasteiger partial charge is 0.191 e. The summed E-state index contributed by atoms with van der Waals surface area (Å²) in [6.45, 7) is 12.1. The van der Waals surface area contributed by atoms with Crippen LogP contribution in [0.3, 0.4) is 0 Å². The number of ether oxygens (including phenoxy) is 2. The Labute approximate surface area is 151 Å². The molecule has 1 heterocycles. The summed E-state index contributed by atoms with van der Waals surface area (Å²) >= 11 is 0. The molecule has 0 aliphatic carbocycles. The first-order valence-electron chi connectivity index (χ1n) is 9.35. The van der Waals surface area contributed by atoms with Crippen LogP contribution in [0.25, 0.3) is 0 Å². The van der Waals surface area contributed by atoms with Gasteiger partial charge in [-0.15, -0.1) is 0 Å². The van der Waals surface area contributed by atoms with Gasteiger partial charge in [-0.1, -0.05) is 12.1 Å². The number of rotatable bonds is 9. The van der Waals surface area contributed by atoms with Gasteiger partial charge in [0.05, 0.1) is 26.4 Å². The minimum absolute atomic E-state index is 0.639. The van der Waals surface area contributed by atoms with Gasteiger partial charge in [0.1, 0.15) is 5.75 Å². The highest BCUT2D eigenvalue weighted by Gasteiger charge is 2.09. The van der Waals surface area contributed by atoms with Crippen molar-refractivity contribution in [1.29, 1.82) is 0 Å². The van der Waals surface area contributed by atoms with E-state index in [9.17, 15) is 0 Å². The van der Waals surface area contributed by atoms with Gasteiger partial charge in [-0.05, 0) is 44.5 Å². The highest BCUT2D eigenvalue weighted by molar-refractivity contribution is 5.79. The number of hydrogen-bond donors (Lipinski definition) is 2. The van der Waals surface area contributed by atoms with E-state index >= 15 is 0 Å². The maximum Gasteiger partial charge on any atom is 0.191 e. The van der Waals surface area contributed by atoms with Gasteiger partial charge in [0.15, 0.2) is 5.96 Å². The van der Waals surface area contributed by atoms with E-state index in [-0.39, 0.29) is 0 Å². The lowest BCUT2D eigenvalue weighted by atomic mass is 10.2. The molecule has 2 rings (SSSR count). The van der Waals surface area contributed by atoms with Gasteiger partial charge in [-0.3, -0.25) is 4.90 Å². The zero-order valence-electron chi connectivity index (χ0n) is 15.6. The summed E-state index contributed by atoms with van der Waals surface area (Å²) in [5.74, 6) is 1.77. The maximum absolute atomic E-state index is 5.54. The van der Waals surface area contributed by atoms with Crippen molar-refractivity contribution >= 4 is 5.96 Å². The minimum Gasteiger partial charge on any atom is -0.494 e. The van der Waals surface area contributed by atoms with Gasteiger partial charge in [-0.2, -0.15) is 0 Å². The quantitative estimate of drug-likeness (QED) is 0.405. The van der Waals surface area contributed by atoms with E-state index in [2.05, 4.69) is 39.6 Å². The first kappa shape index (κ1) is 19.5. The molecule has 0 saturated carbocycles. The van der Waals surface area contributed by atoms with Gasteiger partial charge in [0.25, 0.3) is 0 Å². The molecule has 0 unspecified atom stereocenters. The molecule has 1 aliphatic rings. The van der Waals surface area contributed by atoms with Crippen molar-refractivity contribution in [3.63, 3.8) is 0 Å². The predicted octanol–water partition coefficient (Wildman–Crippen LogP) is 1.86. The fourth-order valence-corrected chi connectivity index (χ4v) is 2.75. The van der Waals surface area contributed by atoms with Crippen molar-refractivity contribution in [2.24, 2.45) is 4.99 Å². The summed E-state index contributed by atoms with van der Waals surface area (Å²) < 4.78 is 10.9. The van der Waals surface area contributed by atoms with Crippen molar-refractivity contribution in [2.75, 3.05) is 52.5 Å². The van der Waals surface area contributed by atoms with E-state index in [1.165, 1.54) is 0 Å². The molecule has 1 aliphatic heterocycles. The molecule has 1 saturated heterocycles. The fraction of sp³-hybridized carbons (Fsp3) is 0.632. The Kier molecular flexibility index (Phi) is 9.15. The van der Waals surface area contributed by atoms with E-state index in [1.807, 2.05) is 19.1 Å². The molecule has 6 nitrogen and oxygen atoms in total. The molecule has 1 aromatic carbocycles. The van der Waals surface area contributed by atoms with Crippen LogP contribution in [0.4, 0.5) is 0 Å². The molecule has 0 bridgehead atoms. The summed E-state index contributed by atoms with van der Waals surface area (Å²) in [5, 5.41) is 6.73. The second kappa shape index (κ2) is 11.7. The monoisotopic (exact) mass is 348 g/mol. The summed E-state index contributed by atoms with van der Waals surface area (Å²) in [6, 6.07) is 8.12. The molecule has 140 valence electrons. The van der Waals surface area contributed by atoms with E-state index in [0.717, 1.165) is 69.6 Å². The third-order valence-electron chi connectivity index (χ3n) is 4.02. The maximum atomic E-state index is 5.54. The highest BCUT2D eigenvalue weighted by Crippen LogP contribution is 2.13. The fourth-order valence-electron chi connectivity index (χ4n) is 2.75. The van der Waals surface area contributed by atoms with Crippen molar-refractivity contribution in [3.05, 3.63) is 29.8 Å². The highest BCUT2D eigenvalue weighted by atomic mass is 16.5. The Morgan fingerprint density at radius 2 is 2.08 bits per heavy atom. The van der Waals surface area contributed by atoms with E-state index in [4.69, 9.17) is 9.47 Å². The lowest BCUT2D eigenvalue weighted by Gasteiger charge is -2.26. The van der Waals surface area contributed by atoms with Crippen molar-refractivity contribution in [2.45, 2.75) is 26.8 Å². The number of guanidine groups is 1. The van der Waals surface area contributed by atoms with E-state index in [1.54, 1.807) is 0 Å². The molecule has 0 radical (unpaired) electrons. The largest absolute Gasteiger partial charge is 0.494 e. The standard InChI is InChI=1S/C19H32N4O2/c1-3-20-19(21-9-6-10-23-11-13-24-14-12-23)22-16-17-7-5-8-18(15-17)25-4-2/h5,7-8,15H,3-4,6,9-14,16H2,1-2H3,(H2,20,21,22). The Balaban J connectivity index is 1.76. The summed E-state index contributed by atoms with van der Waals surface area (Å²) in [6.07, 6.45) is 1.10. The first-order valence-corrected chi connectivity index (χ1v) is 9.35. The Morgan fingerprint density at radius 1 is 1.24 bits per heavy atom. The van der Waals surface area contributed by atoms with Crippen LogP contribution in [-0.4, -0.2) is 63.4 Å².